The van der Waals surface area contributed by atoms with E-state index in [1.807, 2.05) is 12.1 Å². The van der Waals surface area contributed by atoms with Crippen LogP contribution in [-0.4, -0.2) is 44.8 Å². The summed E-state index contributed by atoms with van der Waals surface area (Å²) in [6, 6.07) is 10.2. The zero-order valence-corrected chi connectivity index (χ0v) is 14.7. The molecule has 2 fully saturated rings. The minimum atomic E-state index is -0.485. The highest BCUT2D eigenvalue weighted by molar-refractivity contribution is 5.91. The number of nitrogens with zero attached hydrogens (tertiary/aromatic N) is 5. The first-order valence-corrected chi connectivity index (χ1v) is 9.13. The van der Waals surface area contributed by atoms with Crippen LogP contribution in [0.2, 0.25) is 0 Å². The highest BCUT2D eigenvalue weighted by Gasteiger charge is 2.51. The topological polar surface area (TPSA) is 75.4 Å². The SMILES string of the molecule is O=C(NC1CCN(c2ccc3nncn3n2)C1)C1(c2ccc(F)cc2)CC1. The van der Waals surface area contributed by atoms with Crippen molar-refractivity contribution in [1.29, 1.82) is 0 Å². The predicted molar refractivity (Wildman–Crippen MR) is 96.9 cm³/mol. The Morgan fingerprint density at radius 1 is 1.19 bits per heavy atom. The molecule has 1 unspecified atom stereocenters. The van der Waals surface area contributed by atoms with E-state index in [2.05, 4.69) is 25.5 Å². The van der Waals surface area contributed by atoms with E-state index in [-0.39, 0.29) is 17.8 Å². The van der Waals surface area contributed by atoms with Gasteiger partial charge in [0.2, 0.25) is 5.91 Å². The largest absolute Gasteiger partial charge is 0.353 e. The molecule has 2 aliphatic rings. The Hall–Kier alpha value is -3.03. The van der Waals surface area contributed by atoms with E-state index in [4.69, 9.17) is 0 Å². The Kier molecular flexibility index (Phi) is 3.60. The second-order valence-electron chi connectivity index (χ2n) is 7.32. The molecule has 1 atom stereocenters. The van der Waals surface area contributed by atoms with Crippen molar-refractivity contribution in [2.24, 2.45) is 0 Å². The molecule has 8 heteroatoms. The highest BCUT2D eigenvalue weighted by Crippen LogP contribution is 2.48. The number of benzene rings is 1. The Bertz CT molecular complexity index is 997. The zero-order chi connectivity index (χ0) is 18.4. The molecule has 1 saturated carbocycles. The summed E-state index contributed by atoms with van der Waals surface area (Å²) in [7, 11) is 0. The Morgan fingerprint density at radius 3 is 2.78 bits per heavy atom. The van der Waals surface area contributed by atoms with Gasteiger partial charge in [-0.15, -0.1) is 15.3 Å². The van der Waals surface area contributed by atoms with Gasteiger partial charge in [0.25, 0.3) is 0 Å². The number of fused-ring (bicyclic) bond motifs is 1. The molecule has 2 aromatic heterocycles. The van der Waals surface area contributed by atoms with Crippen LogP contribution in [-0.2, 0) is 10.2 Å². The van der Waals surface area contributed by atoms with Crippen LogP contribution in [0.4, 0.5) is 10.2 Å². The number of hydrogen-bond acceptors (Lipinski definition) is 5. The maximum absolute atomic E-state index is 13.2. The first-order chi connectivity index (χ1) is 13.1. The van der Waals surface area contributed by atoms with Crippen LogP contribution in [0.25, 0.3) is 5.65 Å². The number of aromatic nitrogens is 4. The van der Waals surface area contributed by atoms with Gasteiger partial charge in [0.1, 0.15) is 18.0 Å². The summed E-state index contributed by atoms with van der Waals surface area (Å²) in [6.45, 7) is 1.54. The normalized spacial score (nSPS) is 20.8. The third kappa shape index (κ3) is 2.81. The molecule has 1 N–H and O–H groups in total. The molecule has 1 aliphatic carbocycles. The predicted octanol–water partition coefficient (Wildman–Crippen LogP) is 1.69. The molecule has 7 nitrogen and oxygen atoms in total. The van der Waals surface area contributed by atoms with Gasteiger partial charge in [-0.25, -0.2) is 4.39 Å². The summed E-state index contributed by atoms with van der Waals surface area (Å²) in [5.74, 6) is 0.612. The van der Waals surface area contributed by atoms with Crippen molar-refractivity contribution in [2.45, 2.75) is 30.7 Å². The molecule has 27 heavy (non-hydrogen) atoms. The lowest BCUT2D eigenvalue weighted by atomic mass is 9.94. The molecule has 3 aromatic rings. The summed E-state index contributed by atoms with van der Waals surface area (Å²) in [6.07, 6.45) is 4.07. The van der Waals surface area contributed by atoms with E-state index in [0.717, 1.165) is 37.2 Å². The van der Waals surface area contributed by atoms with Gasteiger partial charge in [-0.2, -0.15) is 4.52 Å². The molecular formula is C19H19FN6O. The number of rotatable bonds is 4. The quantitative estimate of drug-likeness (QED) is 0.761. The summed E-state index contributed by atoms with van der Waals surface area (Å²) in [5.41, 5.74) is 1.12. The molecule has 1 aromatic carbocycles. The molecule has 1 aliphatic heterocycles. The maximum atomic E-state index is 13.2. The molecule has 0 radical (unpaired) electrons. The van der Waals surface area contributed by atoms with Crippen molar-refractivity contribution in [3.05, 3.63) is 54.1 Å². The van der Waals surface area contributed by atoms with Gasteiger partial charge in [0.05, 0.1) is 5.41 Å². The molecule has 138 valence electrons. The zero-order valence-electron chi connectivity index (χ0n) is 14.7. The second-order valence-corrected chi connectivity index (χ2v) is 7.32. The second kappa shape index (κ2) is 6.00. The summed E-state index contributed by atoms with van der Waals surface area (Å²) < 4.78 is 14.8. The van der Waals surface area contributed by atoms with Gasteiger partial charge < -0.3 is 10.2 Å². The van der Waals surface area contributed by atoms with Crippen LogP contribution in [0.5, 0.6) is 0 Å². The highest BCUT2D eigenvalue weighted by atomic mass is 19.1. The van der Waals surface area contributed by atoms with Gasteiger partial charge in [0, 0.05) is 19.1 Å². The van der Waals surface area contributed by atoms with E-state index in [0.29, 0.717) is 12.2 Å². The number of amides is 1. The molecule has 0 spiro atoms. The minimum Gasteiger partial charge on any atom is -0.353 e. The smallest absolute Gasteiger partial charge is 0.230 e. The van der Waals surface area contributed by atoms with Crippen LogP contribution >= 0.6 is 0 Å². The van der Waals surface area contributed by atoms with Crippen LogP contribution < -0.4 is 10.2 Å². The van der Waals surface area contributed by atoms with Crippen LogP contribution in [0.1, 0.15) is 24.8 Å². The van der Waals surface area contributed by atoms with Gasteiger partial charge in [-0.1, -0.05) is 12.1 Å². The summed E-state index contributed by atoms with van der Waals surface area (Å²) >= 11 is 0. The lowest BCUT2D eigenvalue weighted by molar-refractivity contribution is -0.124. The fraction of sp³-hybridized carbons (Fsp3) is 0.368. The number of halogens is 1. The van der Waals surface area contributed by atoms with Gasteiger partial charge in [0.15, 0.2) is 5.65 Å². The molecule has 1 saturated heterocycles. The third-order valence-corrected chi connectivity index (χ3v) is 5.58. The monoisotopic (exact) mass is 366 g/mol. The number of nitrogens with one attached hydrogen (secondary N) is 1. The van der Waals surface area contributed by atoms with Crippen molar-refractivity contribution in [3.8, 4) is 0 Å². The van der Waals surface area contributed by atoms with E-state index in [9.17, 15) is 9.18 Å². The van der Waals surface area contributed by atoms with Crippen LogP contribution in [0.15, 0.2) is 42.7 Å². The Labute approximate surface area is 155 Å². The first kappa shape index (κ1) is 16.2. The average Bonchev–Trinajstić information content (AvgIpc) is 3.13. The van der Waals surface area contributed by atoms with Crippen molar-refractivity contribution in [2.75, 3.05) is 18.0 Å². The molecule has 0 bridgehead atoms. The van der Waals surface area contributed by atoms with E-state index >= 15 is 0 Å². The van der Waals surface area contributed by atoms with Crippen LogP contribution in [0.3, 0.4) is 0 Å². The van der Waals surface area contributed by atoms with E-state index in [1.54, 1.807) is 23.0 Å². The van der Waals surface area contributed by atoms with Crippen molar-refractivity contribution >= 4 is 17.4 Å². The fourth-order valence-corrected chi connectivity index (χ4v) is 3.84. The van der Waals surface area contributed by atoms with Crippen molar-refractivity contribution in [1.82, 2.24) is 25.1 Å². The third-order valence-electron chi connectivity index (χ3n) is 5.58. The number of carbonyl (C=O) groups is 1. The molecule has 3 heterocycles. The Balaban J connectivity index is 1.27. The lowest BCUT2D eigenvalue weighted by Gasteiger charge is -2.21. The molecular weight excluding hydrogens is 347 g/mol. The van der Waals surface area contributed by atoms with Gasteiger partial charge in [-0.3, -0.25) is 4.79 Å². The van der Waals surface area contributed by atoms with E-state index in [1.165, 1.54) is 12.1 Å². The number of carbonyl (C=O) groups excluding carboxylic acids is 1. The average molecular weight is 366 g/mol. The lowest BCUT2D eigenvalue weighted by Crippen LogP contribution is -2.43. The van der Waals surface area contributed by atoms with Gasteiger partial charge in [-0.05, 0) is 49.1 Å². The standard InChI is InChI=1S/C19H19FN6O/c20-14-3-1-13(2-4-14)19(8-9-19)18(27)22-15-7-10-25(11-15)17-6-5-16-23-21-12-26(16)24-17/h1-6,12,15H,7-11H2,(H,22,27). The number of hydrogen-bond donors (Lipinski definition) is 1. The minimum absolute atomic E-state index is 0.0446. The summed E-state index contributed by atoms with van der Waals surface area (Å²) in [4.78, 5) is 15.0. The first-order valence-electron chi connectivity index (χ1n) is 9.13. The molecule has 1 amide bonds. The maximum Gasteiger partial charge on any atom is 0.230 e. The molecule has 5 rings (SSSR count). The van der Waals surface area contributed by atoms with Crippen molar-refractivity contribution < 1.29 is 9.18 Å². The van der Waals surface area contributed by atoms with E-state index < -0.39 is 5.41 Å². The number of anilines is 1. The van der Waals surface area contributed by atoms with Crippen molar-refractivity contribution in [3.63, 3.8) is 0 Å². The fourth-order valence-electron chi connectivity index (χ4n) is 3.84. The summed E-state index contributed by atoms with van der Waals surface area (Å²) in [5, 5.41) is 15.5. The Morgan fingerprint density at radius 2 is 2.00 bits per heavy atom. The van der Waals surface area contributed by atoms with Gasteiger partial charge >= 0.3 is 0 Å². The van der Waals surface area contributed by atoms with Crippen LogP contribution in [0, 0.1) is 5.82 Å².